The number of carbonyl (C=O) groups excluding carboxylic acids is 2. The Bertz CT molecular complexity index is 1160. The van der Waals surface area contributed by atoms with Crippen LogP contribution in [0.5, 0.6) is 5.75 Å². The van der Waals surface area contributed by atoms with Gasteiger partial charge in [-0.25, -0.2) is 23.7 Å². The van der Waals surface area contributed by atoms with Crippen molar-refractivity contribution < 1.29 is 23.1 Å². The quantitative estimate of drug-likeness (QED) is 0.592. The van der Waals surface area contributed by atoms with Crippen molar-refractivity contribution in [2.45, 2.75) is 38.3 Å². The van der Waals surface area contributed by atoms with Gasteiger partial charge in [-0.05, 0) is 55.7 Å². The van der Waals surface area contributed by atoms with Gasteiger partial charge in [0, 0.05) is 6.92 Å². The minimum atomic E-state index is -0.612. The molecule has 1 aromatic carbocycles. The van der Waals surface area contributed by atoms with E-state index in [9.17, 15) is 18.4 Å². The van der Waals surface area contributed by atoms with Crippen LogP contribution in [0.15, 0.2) is 48.8 Å². The average Bonchev–Trinajstić information content (AvgIpc) is 3.22. The van der Waals surface area contributed by atoms with Crippen molar-refractivity contribution in [1.29, 1.82) is 0 Å². The Morgan fingerprint density at radius 2 is 1.73 bits per heavy atom. The van der Waals surface area contributed by atoms with Crippen molar-refractivity contribution in [3.05, 3.63) is 66.1 Å². The van der Waals surface area contributed by atoms with E-state index in [1.54, 1.807) is 6.07 Å². The van der Waals surface area contributed by atoms with Crippen LogP contribution < -0.4 is 15.4 Å². The van der Waals surface area contributed by atoms with Gasteiger partial charge in [-0.15, -0.1) is 0 Å². The van der Waals surface area contributed by atoms with Crippen LogP contribution >= 0.6 is 0 Å². The molecule has 0 saturated heterocycles. The number of hydrogen-bond acceptors (Lipinski definition) is 6. The van der Waals surface area contributed by atoms with E-state index >= 15 is 0 Å². The van der Waals surface area contributed by atoms with Crippen molar-refractivity contribution in [2.75, 3.05) is 5.32 Å². The maximum atomic E-state index is 13.3. The van der Waals surface area contributed by atoms with Crippen LogP contribution in [0.3, 0.4) is 0 Å². The van der Waals surface area contributed by atoms with E-state index in [0.29, 0.717) is 12.2 Å². The molecule has 0 radical (unpaired) electrons. The van der Waals surface area contributed by atoms with Gasteiger partial charge in [-0.3, -0.25) is 9.59 Å². The third-order valence-corrected chi connectivity index (χ3v) is 5.15. The summed E-state index contributed by atoms with van der Waals surface area (Å²) in [5, 5.41) is 5.48. The summed E-state index contributed by atoms with van der Waals surface area (Å²) in [6.07, 6.45) is 3.93. The lowest BCUT2D eigenvalue weighted by molar-refractivity contribution is -0.114. The number of halogens is 2. The van der Waals surface area contributed by atoms with E-state index < -0.39 is 11.7 Å². The molecular formula is C23H21F2N5O3. The van der Waals surface area contributed by atoms with Crippen LogP contribution in [0.25, 0.3) is 11.4 Å². The van der Waals surface area contributed by atoms with Gasteiger partial charge in [-0.1, -0.05) is 0 Å². The second-order valence-corrected chi connectivity index (χ2v) is 7.62. The SMILES string of the molecule is CC(=O)Nc1ccc(-c2ncc(F)cn2)c(C(=O)NC2CCCC2Oc2ccc(F)cc2)n1. The molecule has 0 spiro atoms. The van der Waals surface area contributed by atoms with Crippen molar-refractivity contribution in [3.63, 3.8) is 0 Å². The molecule has 2 N–H and O–H groups in total. The van der Waals surface area contributed by atoms with Crippen molar-refractivity contribution in [2.24, 2.45) is 0 Å². The van der Waals surface area contributed by atoms with E-state index in [1.165, 1.54) is 37.3 Å². The largest absolute Gasteiger partial charge is 0.488 e. The van der Waals surface area contributed by atoms with Gasteiger partial charge in [0.1, 0.15) is 29.2 Å². The van der Waals surface area contributed by atoms with Gasteiger partial charge in [0.2, 0.25) is 5.91 Å². The lowest BCUT2D eigenvalue weighted by atomic mass is 10.1. The Hall–Kier alpha value is -3.95. The predicted molar refractivity (Wildman–Crippen MR) is 115 cm³/mol. The number of anilines is 1. The Labute approximate surface area is 188 Å². The van der Waals surface area contributed by atoms with Crippen LogP contribution in [0.2, 0.25) is 0 Å². The highest BCUT2D eigenvalue weighted by molar-refractivity contribution is 5.99. The fraction of sp³-hybridized carbons (Fsp3) is 0.261. The van der Waals surface area contributed by atoms with E-state index in [-0.39, 0.29) is 46.8 Å². The highest BCUT2D eigenvalue weighted by atomic mass is 19.1. The monoisotopic (exact) mass is 453 g/mol. The first-order valence-corrected chi connectivity index (χ1v) is 10.4. The molecule has 0 aliphatic heterocycles. The Morgan fingerprint density at radius 3 is 2.42 bits per heavy atom. The molecule has 1 aliphatic rings. The molecule has 1 fully saturated rings. The lowest BCUT2D eigenvalue weighted by Gasteiger charge is -2.22. The molecule has 0 bridgehead atoms. The number of ether oxygens (including phenoxy) is 1. The predicted octanol–water partition coefficient (Wildman–Crippen LogP) is 3.51. The van der Waals surface area contributed by atoms with Gasteiger partial charge < -0.3 is 15.4 Å². The van der Waals surface area contributed by atoms with Gasteiger partial charge in [-0.2, -0.15) is 0 Å². The summed E-state index contributed by atoms with van der Waals surface area (Å²) >= 11 is 0. The third-order valence-electron chi connectivity index (χ3n) is 5.15. The van der Waals surface area contributed by atoms with Gasteiger partial charge in [0.15, 0.2) is 11.6 Å². The lowest BCUT2D eigenvalue weighted by Crippen LogP contribution is -2.43. The molecule has 2 aromatic heterocycles. The van der Waals surface area contributed by atoms with E-state index in [1.807, 2.05) is 0 Å². The first-order chi connectivity index (χ1) is 15.9. The Kier molecular flexibility index (Phi) is 6.53. The zero-order chi connectivity index (χ0) is 23.4. The summed E-state index contributed by atoms with van der Waals surface area (Å²) < 4.78 is 32.4. The van der Waals surface area contributed by atoms with Crippen LogP contribution in [-0.2, 0) is 4.79 Å². The number of amides is 2. The number of benzene rings is 1. The Morgan fingerprint density at radius 1 is 1.00 bits per heavy atom. The molecule has 8 nitrogen and oxygen atoms in total. The van der Waals surface area contributed by atoms with E-state index in [4.69, 9.17) is 4.74 Å². The van der Waals surface area contributed by atoms with Crippen LogP contribution in [0.4, 0.5) is 14.6 Å². The van der Waals surface area contributed by atoms with Crippen LogP contribution in [-0.4, -0.2) is 38.9 Å². The fourth-order valence-electron chi connectivity index (χ4n) is 3.67. The number of hydrogen-bond donors (Lipinski definition) is 2. The highest BCUT2D eigenvalue weighted by Gasteiger charge is 2.32. The molecule has 2 heterocycles. The second-order valence-electron chi connectivity index (χ2n) is 7.62. The normalized spacial score (nSPS) is 17.4. The number of rotatable bonds is 6. The second kappa shape index (κ2) is 9.68. The van der Waals surface area contributed by atoms with Gasteiger partial charge >= 0.3 is 0 Å². The zero-order valence-corrected chi connectivity index (χ0v) is 17.7. The number of aromatic nitrogens is 3. The first-order valence-electron chi connectivity index (χ1n) is 10.4. The molecule has 4 rings (SSSR count). The maximum Gasteiger partial charge on any atom is 0.271 e. The van der Waals surface area contributed by atoms with Gasteiger partial charge in [0.05, 0.1) is 24.0 Å². The minimum absolute atomic E-state index is 0.0136. The molecule has 33 heavy (non-hydrogen) atoms. The summed E-state index contributed by atoms with van der Waals surface area (Å²) in [7, 11) is 0. The number of nitrogens with one attached hydrogen (secondary N) is 2. The van der Waals surface area contributed by atoms with E-state index in [0.717, 1.165) is 25.2 Å². The molecule has 170 valence electrons. The smallest absolute Gasteiger partial charge is 0.271 e. The number of nitrogens with zero attached hydrogens (tertiary/aromatic N) is 3. The summed E-state index contributed by atoms with van der Waals surface area (Å²) in [4.78, 5) is 36.8. The molecule has 3 aromatic rings. The minimum Gasteiger partial charge on any atom is -0.488 e. The first kappa shape index (κ1) is 22.3. The number of pyridine rings is 1. The molecule has 2 unspecified atom stereocenters. The molecule has 2 atom stereocenters. The van der Waals surface area contributed by atoms with Crippen LogP contribution in [0.1, 0.15) is 36.7 Å². The molecular weight excluding hydrogens is 432 g/mol. The zero-order valence-electron chi connectivity index (χ0n) is 17.7. The van der Waals surface area contributed by atoms with Gasteiger partial charge in [0.25, 0.3) is 5.91 Å². The highest BCUT2D eigenvalue weighted by Crippen LogP contribution is 2.27. The maximum absolute atomic E-state index is 13.3. The summed E-state index contributed by atoms with van der Waals surface area (Å²) in [5.74, 6) is -1.02. The van der Waals surface area contributed by atoms with Crippen LogP contribution in [0, 0.1) is 11.6 Å². The molecule has 1 saturated carbocycles. The topological polar surface area (TPSA) is 106 Å². The standard InChI is InChI=1S/C23H21F2N5O3/c1-13(31)28-20-10-9-17(22-26-11-15(25)12-27-22)21(30-20)23(32)29-18-3-2-4-19(18)33-16-7-5-14(24)6-8-16/h5-12,18-19H,2-4H2,1H3,(H,29,32)(H,28,30,31). The third kappa shape index (κ3) is 5.46. The average molecular weight is 453 g/mol. The summed E-state index contributed by atoms with van der Waals surface area (Å²) in [6, 6.07) is 8.44. The molecule has 10 heteroatoms. The van der Waals surface area contributed by atoms with Crippen molar-refractivity contribution in [1.82, 2.24) is 20.3 Å². The van der Waals surface area contributed by atoms with E-state index in [2.05, 4.69) is 25.6 Å². The summed E-state index contributed by atoms with van der Waals surface area (Å²) in [5.41, 5.74) is 0.274. The molecule has 2 amide bonds. The Balaban J connectivity index is 1.58. The number of carbonyl (C=O) groups is 2. The summed E-state index contributed by atoms with van der Waals surface area (Å²) in [6.45, 7) is 1.33. The fourth-order valence-corrected chi connectivity index (χ4v) is 3.67. The van der Waals surface area contributed by atoms with Crippen molar-refractivity contribution in [3.8, 4) is 17.1 Å². The molecule has 1 aliphatic carbocycles. The van der Waals surface area contributed by atoms with Crippen molar-refractivity contribution >= 4 is 17.6 Å².